The van der Waals surface area contributed by atoms with Crippen molar-refractivity contribution in [2.45, 2.75) is 0 Å². The Morgan fingerprint density at radius 3 is 2.67 bits per heavy atom. The van der Waals surface area contributed by atoms with Crippen LogP contribution < -0.4 is 10.1 Å². The maximum absolute atomic E-state index is 5.65. The molecule has 1 aromatic heterocycles. The van der Waals surface area contributed by atoms with E-state index in [-0.39, 0.29) is 0 Å². The lowest BCUT2D eigenvalue weighted by molar-refractivity contribution is 0.367. The van der Waals surface area contributed by atoms with Crippen molar-refractivity contribution in [1.29, 1.82) is 0 Å². The molecule has 0 saturated heterocycles. The van der Waals surface area contributed by atoms with Crippen LogP contribution in [0.4, 0.5) is 11.5 Å². The van der Waals surface area contributed by atoms with Gasteiger partial charge in [0, 0.05) is 11.1 Å². The largest absolute Gasteiger partial charge is 0.489 e. The van der Waals surface area contributed by atoms with E-state index in [1.165, 1.54) is 0 Å². The number of hydrogen-bond donors (Lipinski definition) is 1. The smallest absolute Gasteiger partial charge is 0.131 e. The molecule has 3 aromatic rings. The normalized spacial score (nSPS) is 10.3. The molecule has 104 valence electrons. The number of nitrogens with one attached hydrogen (secondary N) is 1. The van der Waals surface area contributed by atoms with E-state index in [2.05, 4.69) is 16.9 Å². The molecule has 2 aromatic carbocycles. The Bertz CT molecular complexity index is 754. The second kappa shape index (κ2) is 6.09. The van der Waals surface area contributed by atoms with Crippen LogP contribution in [-0.4, -0.2) is 11.6 Å². The first-order chi connectivity index (χ1) is 10.4. The Labute approximate surface area is 123 Å². The zero-order chi connectivity index (χ0) is 14.5. The van der Waals surface area contributed by atoms with Crippen LogP contribution in [0.15, 0.2) is 73.3 Å². The second-order valence-corrected chi connectivity index (χ2v) is 4.61. The summed E-state index contributed by atoms with van der Waals surface area (Å²) in [5, 5.41) is 4.29. The Morgan fingerprint density at radius 2 is 1.86 bits per heavy atom. The predicted octanol–water partition coefficient (Wildman–Crippen LogP) is 4.54. The third kappa shape index (κ3) is 3.03. The average molecular weight is 276 g/mol. The molecule has 0 spiro atoms. The molecule has 3 heteroatoms. The van der Waals surface area contributed by atoms with E-state index >= 15 is 0 Å². The summed E-state index contributed by atoms with van der Waals surface area (Å²) in [5.41, 5.74) is 1.92. The molecule has 3 rings (SSSR count). The van der Waals surface area contributed by atoms with Crippen molar-refractivity contribution in [2.24, 2.45) is 0 Å². The molecule has 0 unspecified atom stereocenters. The molecule has 0 amide bonds. The van der Waals surface area contributed by atoms with Crippen LogP contribution in [0.25, 0.3) is 10.9 Å². The molecule has 0 aliphatic rings. The van der Waals surface area contributed by atoms with Gasteiger partial charge in [-0.1, -0.05) is 36.9 Å². The number of rotatable bonds is 5. The Hall–Kier alpha value is -2.81. The quantitative estimate of drug-likeness (QED) is 0.694. The van der Waals surface area contributed by atoms with Crippen LogP contribution >= 0.6 is 0 Å². The van der Waals surface area contributed by atoms with Gasteiger partial charge in [-0.25, -0.2) is 4.98 Å². The van der Waals surface area contributed by atoms with Crippen LogP contribution in [0.1, 0.15) is 0 Å². The lowest BCUT2D eigenvalue weighted by Crippen LogP contribution is -1.96. The van der Waals surface area contributed by atoms with Gasteiger partial charge in [-0.3, -0.25) is 0 Å². The third-order valence-electron chi connectivity index (χ3n) is 3.09. The molecular weight excluding hydrogens is 260 g/mol. The van der Waals surface area contributed by atoms with E-state index in [0.29, 0.717) is 6.61 Å². The Kier molecular flexibility index (Phi) is 3.83. The maximum Gasteiger partial charge on any atom is 0.131 e. The fraction of sp³-hybridized carbons (Fsp3) is 0.0556. The van der Waals surface area contributed by atoms with Crippen molar-refractivity contribution in [3.63, 3.8) is 0 Å². The minimum Gasteiger partial charge on any atom is -0.489 e. The lowest BCUT2D eigenvalue weighted by Gasteiger charge is -2.09. The average Bonchev–Trinajstić information content (AvgIpc) is 2.53. The number of fused-ring (bicyclic) bond motifs is 1. The molecule has 0 aliphatic heterocycles. The van der Waals surface area contributed by atoms with Gasteiger partial charge >= 0.3 is 0 Å². The highest BCUT2D eigenvalue weighted by molar-refractivity contribution is 5.86. The predicted molar refractivity (Wildman–Crippen MR) is 87.2 cm³/mol. The van der Waals surface area contributed by atoms with Crippen LogP contribution in [0.3, 0.4) is 0 Å². The van der Waals surface area contributed by atoms with Gasteiger partial charge in [0.1, 0.15) is 18.2 Å². The molecule has 0 bridgehead atoms. The highest BCUT2D eigenvalue weighted by atomic mass is 16.5. The van der Waals surface area contributed by atoms with Crippen LogP contribution in [-0.2, 0) is 0 Å². The molecular formula is C18H16N2O. The van der Waals surface area contributed by atoms with Gasteiger partial charge in [-0.2, -0.15) is 0 Å². The number of hydrogen-bond acceptors (Lipinski definition) is 3. The molecule has 0 fully saturated rings. The standard InChI is InChI=1S/C18H16N2O/c1-2-13-21-17-10-6-9-16-15(17)11-12-18(20-16)19-14-7-4-3-5-8-14/h2-12H,1,13H2,(H,19,20). The summed E-state index contributed by atoms with van der Waals surface area (Å²) in [4.78, 5) is 4.62. The van der Waals surface area contributed by atoms with Crippen molar-refractivity contribution in [2.75, 3.05) is 11.9 Å². The SMILES string of the molecule is C=CCOc1cccc2nc(Nc3ccccc3)ccc12. The summed E-state index contributed by atoms with van der Waals surface area (Å²) in [6.45, 7) is 4.16. The minimum atomic E-state index is 0.489. The lowest BCUT2D eigenvalue weighted by atomic mass is 10.2. The fourth-order valence-corrected chi connectivity index (χ4v) is 2.14. The summed E-state index contributed by atoms with van der Waals surface area (Å²) in [5.74, 6) is 1.64. The van der Waals surface area contributed by atoms with Gasteiger partial charge in [0.05, 0.1) is 5.52 Å². The van der Waals surface area contributed by atoms with Crippen molar-refractivity contribution in [3.8, 4) is 5.75 Å². The van der Waals surface area contributed by atoms with Gasteiger partial charge in [0.15, 0.2) is 0 Å². The van der Waals surface area contributed by atoms with Crippen molar-refractivity contribution >= 4 is 22.4 Å². The highest BCUT2D eigenvalue weighted by Crippen LogP contribution is 2.26. The number of ether oxygens (including phenoxy) is 1. The zero-order valence-corrected chi connectivity index (χ0v) is 11.6. The second-order valence-electron chi connectivity index (χ2n) is 4.61. The van der Waals surface area contributed by atoms with Crippen LogP contribution in [0.5, 0.6) is 5.75 Å². The van der Waals surface area contributed by atoms with Crippen molar-refractivity contribution in [1.82, 2.24) is 4.98 Å². The summed E-state index contributed by atoms with van der Waals surface area (Å²) in [6.07, 6.45) is 1.73. The number of benzene rings is 2. The summed E-state index contributed by atoms with van der Waals surface area (Å²) in [7, 11) is 0. The van der Waals surface area contributed by atoms with Crippen molar-refractivity contribution < 1.29 is 4.74 Å². The number of aromatic nitrogens is 1. The van der Waals surface area contributed by atoms with Gasteiger partial charge in [0.2, 0.25) is 0 Å². The first-order valence-corrected chi connectivity index (χ1v) is 6.82. The molecule has 0 radical (unpaired) electrons. The van der Waals surface area contributed by atoms with E-state index in [1.807, 2.05) is 60.7 Å². The molecule has 21 heavy (non-hydrogen) atoms. The van der Waals surface area contributed by atoms with Crippen molar-refractivity contribution in [3.05, 3.63) is 73.3 Å². The number of nitrogens with zero attached hydrogens (tertiary/aromatic N) is 1. The fourth-order valence-electron chi connectivity index (χ4n) is 2.14. The Balaban J connectivity index is 1.92. The molecule has 0 atom stereocenters. The van der Waals surface area contributed by atoms with Crippen LogP contribution in [0.2, 0.25) is 0 Å². The van der Waals surface area contributed by atoms with Gasteiger partial charge < -0.3 is 10.1 Å². The molecule has 3 nitrogen and oxygen atoms in total. The third-order valence-corrected chi connectivity index (χ3v) is 3.09. The van der Waals surface area contributed by atoms with E-state index in [9.17, 15) is 0 Å². The number of pyridine rings is 1. The summed E-state index contributed by atoms with van der Waals surface area (Å²) >= 11 is 0. The van der Waals surface area contributed by atoms with E-state index in [1.54, 1.807) is 6.08 Å². The Morgan fingerprint density at radius 1 is 1.00 bits per heavy atom. The van der Waals surface area contributed by atoms with Gasteiger partial charge in [0.25, 0.3) is 0 Å². The number of anilines is 2. The first-order valence-electron chi connectivity index (χ1n) is 6.82. The van der Waals surface area contributed by atoms with E-state index in [0.717, 1.165) is 28.2 Å². The molecule has 0 saturated carbocycles. The minimum absolute atomic E-state index is 0.489. The molecule has 1 heterocycles. The summed E-state index contributed by atoms with van der Waals surface area (Å²) < 4.78 is 5.65. The van der Waals surface area contributed by atoms with E-state index in [4.69, 9.17) is 4.74 Å². The monoisotopic (exact) mass is 276 g/mol. The first kappa shape index (κ1) is 13.2. The van der Waals surface area contributed by atoms with E-state index < -0.39 is 0 Å². The van der Waals surface area contributed by atoms with Gasteiger partial charge in [-0.15, -0.1) is 0 Å². The highest BCUT2D eigenvalue weighted by Gasteiger charge is 2.04. The maximum atomic E-state index is 5.65. The zero-order valence-electron chi connectivity index (χ0n) is 11.6. The number of para-hydroxylation sites is 1. The topological polar surface area (TPSA) is 34.1 Å². The van der Waals surface area contributed by atoms with Crippen LogP contribution in [0, 0.1) is 0 Å². The molecule has 0 aliphatic carbocycles. The van der Waals surface area contributed by atoms with Gasteiger partial charge in [-0.05, 0) is 36.4 Å². The summed E-state index contributed by atoms with van der Waals surface area (Å²) in [6, 6.07) is 19.8. The molecule has 1 N–H and O–H groups in total.